The Kier molecular flexibility index (Phi) is 7.05. The Balaban J connectivity index is 2.06. The van der Waals surface area contributed by atoms with Gasteiger partial charge in [0.1, 0.15) is 11.4 Å². The first-order valence-electron chi connectivity index (χ1n) is 6.39. The van der Waals surface area contributed by atoms with Crippen molar-refractivity contribution in [3.05, 3.63) is 21.0 Å². The summed E-state index contributed by atoms with van der Waals surface area (Å²) >= 11 is 6.65. The first-order chi connectivity index (χ1) is 9.28. The monoisotopic (exact) mass is 410 g/mol. The normalized spacial score (nSPS) is 11.4. The van der Waals surface area contributed by atoms with Gasteiger partial charge in [0.2, 0.25) is 0 Å². The van der Waals surface area contributed by atoms with E-state index in [0.29, 0.717) is 17.8 Å². The summed E-state index contributed by atoms with van der Waals surface area (Å²) in [5, 5.41) is 5.95. The zero-order chi connectivity index (χ0) is 15.2. The van der Waals surface area contributed by atoms with Crippen molar-refractivity contribution in [3.63, 3.8) is 0 Å². The third kappa shape index (κ3) is 7.31. The van der Waals surface area contributed by atoms with E-state index < -0.39 is 5.60 Å². The third-order valence-electron chi connectivity index (χ3n) is 2.19. The highest BCUT2D eigenvalue weighted by Crippen LogP contribution is 2.26. The minimum Gasteiger partial charge on any atom is -0.452 e. The highest BCUT2D eigenvalue weighted by Gasteiger charge is 2.15. The topological polar surface area (TPSA) is 63.5 Å². The number of carbonyl (C=O) groups excluding carboxylic acids is 1. The number of halogens is 2. The van der Waals surface area contributed by atoms with Crippen LogP contribution in [0.3, 0.4) is 0 Å². The molecule has 0 atom stereocenters. The number of amides is 1. The van der Waals surface area contributed by atoms with Crippen molar-refractivity contribution < 1.29 is 13.9 Å². The van der Waals surface area contributed by atoms with E-state index in [1.165, 1.54) is 0 Å². The van der Waals surface area contributed by atoms with Crippen molar-refractivity contribution in [3.8, 4) is 0 Å². The summed E-state index contributed by atoms with van der Waals surface area (Å²) < 4.78 is 12.2. The molecule has 2 N–H and O–H groups in total. The Hall–Kier alpha value is -0.530. The fourth-order valence-electron chi connectivity index (χ4n) is 1.41. The fourth-order valence-corrected chi connectivity index (χ4v) is 2.07. The van der Waals surface area contributed by atoms with Crippen LogP contribution in [0, 0.1) is 0 Å². The molecular weight excluding hydrogens is 392 g/mol. The van der Waals surface area contributed by atoms with Gasteiger partial charge in [0.15, 0.2) is 4.67 Å². The smallest absolute Gasteiger partial charge is 0.407 e. The molecule has 0 unspecified atom stereocenters. The van der Waals surface area contributed by atoms with E-state index in [1.54, 1.807) is 0 Å². The Morgan fingerprint density at radius 2 is 2.05 bits per heavy atom. The molecule has 0 aliphatic carbocycles. The number of nitrogens with one attached hydrogen (secondary N) is 2. The van der Waals surface area contributed by atoms with E-state index in [2.05, 4.69) is 42.5 Å². The number of hydrogen-bond donors (Lipinski definition) is 2. The molecule has 0 saturated carbocycles. The van der Waals surface area contributed by atoms with Gasteiger partial charge in [-0.05, 0) is 71.7 Å². The molecule has 114 valence electrons. The lowest BCUT2D eigenvalue weighted by Gasteiger charge is -2.19. The van der Waals surface area contributed by atoms with Gasteiger partial charge in [-0.2, -0.15) is 0 Å². The quantitative estimate of drug-likeness (QED) is 0.698. The van der Waals surface area contributed by atoms with Gasteiger partial charge in [0.05, 0.1) is 11.0 Å². The molecule has 0 radical (unpaired) electrons. The summed E-state index contributed by atoms with van der Waals surface area (Å²) in [5.41, 5.74) is -0.456. The van der Waals surface area contributed by atoms with Crippen LogP contribution in [0.5, 0.6) is 0 Å². The molecule has 0 saturated heterocycles. The zero-order valence-electron chi connectivity index (χ0n) is 11.9. The number of ether oxygens (including phenoxy) is 1. The van der Waals surface area contributed by atoms with E-state index in [-0.39, 0.29) is 6.09 Å². The maximum absolute atomic E-state index is 11.4. The summed E-state index contributed by atoms with van der Waals surface area (Å²) in [5.74, 6) is 0.851. The molecular formula is C13H20Br2N2O3. The van der Waals surface area contributed by atoms with Crippen molar-refractivity contribution in [1.29, 1.82) is 0 Å². The molecule has 0 bridgehead atoms. The molecule has 1 amide bonds. The van der Waals surface area contributed by atoms with Crippen molar-refractivity contribution in [2.45, 2.75) is 39.3 Å². The molecule has 0 spiro atoms. The highest BCUT2D eigenvalue weighted by atomic mass is 79.9. The predicted molar refractivity (Wildman–Crippen MR) is 84.7 cm³/mol. The molecule has 1 rings (SSSR count). The molecule has 7 heteroatoms. The van der Waals surface area contributed by atoms with Gasteiger partial charge in [0, 0.05) is 6.54 Å². The first-order valence-corrected chi connectivity index (χ1v) is 7.98. The van der Waals surface area contributed by atoms with E-state index in [4.69, 9.17) is 9.15 Å². The molecule has 0 aromatic carbocycles. The van der Waals surface area contributed by atoms with Crippen LogP contribution >= 0.6 is 31.9 Å². The van der Waals surface area contributed by atoms with Gasteiger partial charge in [-0.25, -0.2) is 4.79 Å². The van der Waals surface area contributed by atoms with Crippen molar-refractivity contribution in [2.75, 3.05) is 13.1 Å². The molecule has 1 heterocycles. The third-order valence-corrected chi connectivity index (χ3v) is 3.90. The number of hydrogen-bond acceptors (Lipinski definition) is 4. The average molecular weight is 412 g/mol. The van der Waals surface area contributed by atoms with Crippen LogP contribution in [-0.4, -0.2) is 24.8 Å². The van der Waals surface area contributed by atoms with Gasteiger partial charge in [0.25, 0.3) is 0 Å². The maximum atomic E-state index is 11.4. The molecule has 0 fully saturated rings. The Labute approximate surface area is 136 Å². The Morgan fingerprint density at radius 3 is 2.60 bits per heavy atom. The molecule has 20 heavy (non-hydrogen) atoms. The summed E-state index contributed by atoms with van der Waals surface area (Å²) in [4.78, 5) is 11.4. The van der Waals surface area contributed by atoms with Gasteiger partial charge in [-0.3, -0.25) is 0 Å². The van der Waals surface area contributed by atoms with E-state index in [9.17, 15) is 4.79 Å². The summed E-state index contributed by atoms with van der Waals surface area (Å²) in [6.45, 7) is 7.53. The van der Waals surface area contributed by atoms with Gasteiger partial charge >= 0.3 is 6.09 Å². The van der Waals surface area contributed by atoms with Gasteiger partial charge < -0.3 is 19.8 Å². The van der Waals surface area contributed by atoms with Crippen molar-refractivity contribution >= 4 is 38.0 Å². The van der Waals surface area contributed by atoms with Crippen LogP contribution in [0.1, 0.15) is 33.0 Å². The van der Waals surface area contributed by atoms with Gasteiger partial charge in [-0.1, -0.05) is 0 Å². The van der Waals surface area contributed by atoms with Crippen LogP contribution in [-0.2, 0) is 11.3 Å². The lowest BCUT2D eigenvalue weighted by molar-refractivity contribution is 0.0527. The SMILES string of the molecule is CC(C)(C)OC(=O)NCCCNCc1cc(Br)c(Br)o1. The highest BCUT2D eigenvalue weighted by molar-refractivity contribution is 9.13. The number of alkyl carbamates (subject to hydrolysis) is 1. The molecule has 5 nitrogen and oxygen atoms in total. The van der Waals surface area contributed by atoms with Crippen LogP contribution < -0.4 is 10.6 Å². The minimum absolute atomic E-state index is 0.378. The molecule has 1 aromatic rings. The summed E-state index contributed by atoms with van der Waals surface area (Å²) in [6.07, 6.45) is 0.443. The molecule has 1 aromatic heterocycles. The second-order valence-electron chi connectivity index (χ2n) is 5.29. The summed E-state index contributed by atoms with van der Waals surface area (Å²) in [6, 6.07) is 1.91. The number of furan rings is 1. The van der Waals surface area contributed by atoms with E-state index in [0.717, 1.165) is 23.2 Å². The predicted octanol–water partition coefficient (Wildman–Crippen LogP) is 3.81. The zero-order valence-corrected chi connectivity index (χ0v) is 15.1. The van der Waals surface area contributed by atoms with Crippen molar-refractivity contribution in [1.82, 2.24) is 10.6 Å². The Bertz CT molecular complexity index is 422. The second-order valence-corrected chi connectivity index (χ2v) is 6.87. The van der Waals surface area contributed by atoms with Crippen LogP contribution in [0.4, 0.5) is 4.79 Å². The lowest BCUT2D eigenvalue weighted by Crippen LogP contribution is -2.33. The lowest BCUT2D eigenvalue weighted by atomic mass is 10.2. The second kappa shape index (κ2) is 8.05. The minimum atomic E-state index is -0.456. The number of carbonyl (C=O) groups is 1. The van der Waals surface area contributed by atoms with Crippen LogP contribution in [0.2, 0.25) is 0 Å². The number of rotatable bonds is 6. The first kappa shape index (κ1) is 17.5. The molecule has 0 aliphatic rings. The van der Waals surface area contributed by atoms with Crippen LogP contribution in [0.25, 0.3) is 0 Å². The molecule has 0 aliphatic heterocycles. The average Bonchev–Trinajstić information content (AvgIpc) is 2.61. The van der Waals surface area contributed by atoms with E-state index >= 15 is 0 Å². The van der Waals surface area contributed by atoms with Crippen LogP contribution in [0.15, 0.2) is 19.6 Å². The fraction of sp³-hybridized carbons (Fsp3) is 0.615. The summed E-state index contributed by atoms with van der Waals surface area (Å²) in [7, 11) is 0. The van der Waals surface area contributed by atoms with Gasteiger partial charge in [-0.15, -0.1) is 0 Å². The maximum Gasteiger partial charge on any atom is 0.407 e. The standard InChI is InChI=1S/C13H20Br2N2O3/c1-13(2,3)20-12(18)17-6-4-5-16-8-9-7-10(14)11(15)19-9/h7,16H,4-6,8H2,1-3H3,(H,17,18). The van der Waals surface area contributed by atoms with Crippen molar-refractivity contribution in [2.24, 2.45) is 0 Å². The largest absolute Gasteiger partial charge is 0.452 e. The van der Waals surface area contributed by atoms with E-state index in [1.807, 2.05) is 26.8 Å². The Morgan fingerprint density at radius 1 is 1.35 bits per heavy atom.